The van der Waals surface area contributed by atoms with Gasteiger partial charge in [0.05, 0.1) is 10.9 Å². The molecule has 1 unspecified atom stereocenters. The second kappa shape index (κ2) is 10.3. The summed E-state index contributed by atoms with van der Waals surface area (Å²) < 4.78 is 0. The number of carbonyl (C=O) groups is 2. The fourth-order valence-electron chi connectivity index (χ4n) is 4.00. The number of thioether (sulfide) groups is 1. The summed E-state index contributed by atoms with van der Waals surface area (Å²) in [6.07, 6.45) is 3.87. The summed E-state index contributed by atoms with van der Waals surface area (Å²) in [6.45, 7) is 4.11. The Balaban J connectivity index is 1.82. The van der Waals surface area contributed by atoms with E-state index in [0.29, 0.717) is 5.17 Å². The van der Waals surface area contributed by atoms with E-state index in [9.17, 15) is 9.59 Å². The summed E-state index contributed by atoms with van der Waals surface area (Å²) in [6, 6.07) is 16.7. The van der Waals surface area contributed by atoms with Crippen molar-refractivity contribution in [1.29, 1.82) is 0 Å². The topological polar surface area (TPSA) is 49.7 Å². The Hall–Kier alpha value is -2.34. The quantitative estimate of drug-likeness (QED) is 0.457. The van der Waals surface area contributed by atoms with Crippen LogP contribution in [0.4, 0.5) is 0 Å². The fraction of sp³-hybridized carbons (Fsp3) is 0.269. The van der Waals surface area contributed by atoms with Gasteiger partial charge >= 0.3 is 0 Å². The number of halogens is 2. The van der Waals surface area contributed by atoms with E-state index in [1.54, 1.807) is 0 Å². The van der Waals surface area contributed by atoms with Crippen LogP contribution in [0, 0.1) is 13.8 Å². The molecule has 2 aromatic rings. The average Bonchev–Trinajstić information content (AvgIpc) is 3.23. The van der Waals surface area contributed by atoms with Gasteiger partial charge in [-0.2, -0.15) is 0 Å². The number of allylic oxidation sites excluding steroid dienone is 1. The highest BCUT2D eigenvalue weighted by Crippen LogP contribution is 2.50. The minimum Gasteiger partial charge on any atom is -0.273 e. The van der Waals surface area contributed by atoms with Gasteiger partial charge in [-0.05, 0) is 55.0 Å². The monoisotopic (exact) mass is 498 g/mol. The number of hydrogen-bond donors (Lipinski definition) is 0. The Kier molecular flexibility index (Phi) is 7.42. The van der Waals surface area contributed by atoms with Gasteiger partial charge in [0.15, 0.2) is 5.17 Å². The second-order valence-electron chi connectivity index (χ2n) is 8.15. The number of rotatable bonds is 4. The third-order valence-electron chi connectivity index (χ3n) is 5.74. The van der Waals surface area contributed by atoms with E-state index in [1.165, 1.54) is 28.5 Å². The smallest absolute Gasteiger partial charge is 0.250 e. The molecule has 0 fully saturated rings. The van der Waals surface area contributed by atoms with Crippen molar-refractivity contribution >= 4 is 58.0 Å². The van der Waals surface area contributed by atoms with Crippen LogP contribution in [-0.4, -0.2) is 33.6 Å². The van der Waals surface area contributed by atoms with Crippen LogP contribution in [0.15, 0.2) is 70.4 Å². The van der Waals surface area contributed by atoms with E-state index < -0.39 is 11.8 Å². The first kappa shape index (κ1) is 23.8. The first-order chi connectivity index (χ1) is 15.9. The molecule has 2 aromatic carbocycles. The number of aliphatic imine (C=N–C) groups is 1. The van der Waals surface area contributed by atoms with Gasteiger partial charge < -0.3 is 0 Å². The summed E-state index contributed by atoms with van der Waals surface area (Å²) >= 11 is 13.1. The SMILES string of the molecule is Cc1ccc(/C=C2/CCC3=C2N=C(N(C(=O)CCl)C(=O)CCl)SC3c2ccc(C)cc2)cc1. The molecule has 0 saturated heterocycles. The molecule has 1 aliphatic heterocycles. The van der Waals surface area contributed by atoms with E-state index in [2.05, 4.69) is 61.5 Å². The van der Waals surface area contributed by atoms with Gasteiger partial charge in [0.2, 0.25) is 11.8 Å². The maximum Gasteiger partial charge on any atom is 0.250 e. The van der Waals surface area contributed by atoms with Gasteiger partial charge in [0.1, 0.15) is 11.8 Å². The van der Waals surface area contributed by atoms with Gasteiger partial charge in [0, 0.05) is 0 Å². The number of alkyl halides is 2. The minimum absolute atomic E-state index is 0.0502. The Morgan fingerprint density at radius 3 is 2.12 bits per heavy atom. The molecule has 2 aliphatic rings. The summed E-state index contributed by atoms with van der Waals surface area (Å²) in [4.78, 5) is 31.0. The average molecular weight is 499 g/mol. The molecular formula is C26H24Cl2N2O2S. The van der Waals surface area contributed by atoms with E-state index >= 15 is 0 Å². The van der Waals surface area contributed by atoms with Crippen LogP contribution in [0.2, 0.25) is 0 Å². The summed E-state index contributed by atoms with van der Waals surface area (Å²) in [5, 5.41) is 0.276. The standard InChI is InChI=1S/C26H24Cl2N2O2S/c1-16-3-7-18(8-4-16)13-20-11-12-21-24(20)29-26(30(22(31)14-27)23(32)15-28)33-25(21)19-9-5-17(2)6-10-19/h3-10,13,25H,11-12,14-15H2,1-2H3/b20-13-. The number of imide groups is 1. The zero-order valence-electron chi connectivity index (χ0n) is 18.5. The first-order valence-electron chi connectivity index (χ1n) is 10.7. The summed E-state index contributed by atoms with van der Waals surface area (Å²) in [5.41, 5.74) is 7.74. The lowest BCUT2D eigenvalue weighted by Crippen LogP contribution is -2.43. The van der Waals surface area contributed by atoms with Gasteiger partial charge in [-0.25, -0.2) is 9.89 Å². The van der Waals surface area contributed by atoms with Gasteiger partial charge in [-0.3, -0.25) is 9.59 Å². The summed E-state index contributed by atoms with van der Waals surface area (Å²) in [7, 11) is 0. The van der Waals surface area contributed by atoms with Crippen molar-refractivity contribution in [2.75, 3.05) is 11.8 Å². The van der Waals surface area contributed by atoms with E-state index in [0.717, 1.165) is 40.1 Å². The van der Waals surface area contributed by atoms with Crippen molar-refractivity contribution in [2.45, 2.75) is 31.9 Å². The lowest BCUT2D eigenvalue weighted by atomic mass is 10.0. The number of hydrogen-bond acceptors (Lipinski definition) is 4. The zero-order chi connectivity index (χ0) is 23.5. The molecule has 0 radical (unpaired) electrons. The summed E-state index contributed by atoms with van der Waals surface area (Å²) in [5.74, 6) is -1.70. The molecule has 0 saturated carbocycles. The van der Waals surface area contributed by atoms with Crippen molar-refractivity contribution in [3.05, 3.63) is 87.6 Å². The third-order valence-corrected chi connectivity index (χ3v) is 7.47. The van der Waals surface area contributed by atoms with Gasteiger partial charge in [-0.15, -0.1) is 23.2 Å². The molecule has 0 N–H and O–H groups in total. The molecule has 0 spiro atoms. The predicted molar refractivity (Wildman–Crippen MR) is 138 cm³/mol. The molecule has 0 bridgehead atoms. The lowest BCUT2D eigenvalue weighted by molar-refractivity contribution is -0.136. The fourth-order valence-corrected chi connectivity index (χ4v) is 5.57. The maximum atomic E-state index is 12.6. The molecule has 4 rings (SSSR count). The van der Waals surface area contributed by atoms with Crippen LogP contribution >= 0.6 is 35.0 Å². The number of carbonyl (C=O) groups excluding carboxylic acids is 2. The highest BCUT2D eigenvalue weighted by Gasteiger charge is 2.37. The van der Waals surface area contributed by atoms with Gasteiger partial charge in [-0.1, -0.05) is 71.4 Å². The second-order valence-corrected chi connectivity index (χ2v) is 9.75. The normalized spacial score (nSPS) is 18.8. The van der Waals surface area contributed by atoms with E-state index in [-0.39, 0.29) is 17.0 Å². The number of amides is 2. The maximum absolute atomic E-state index is 12.6. The molecule has 1 aliphatic carbocycles. The Morgan fingerprint density at radius 2 is 1.55 bits per heavy atom. The molecule has 0 aromatic heterocycles. The van der Waals surface area contributed by atoms with Crippen LogP contribution in [0.1, 0.15) is 40.3 Å². The molecule has 2 amide bonds. The number of amidine groups is 1. The Labute approximate surface area is 208 Å². The highest BCUT2D eigenvalue weighted by atomic mass is 35.5. The molecule has 170 valence electrons. The van der Waals surface area contributed by atoms with Crippen molar-refractivity contribution in [3.63, 3.8) is 0 Å². The molecule has 7 heteroatoms. The van der Waals surface area contributed by atoms with Crippen LogP contribution < -0.4 is 0 Å². The molecule has 1 atom stereocenters. The number of aryl methyl sites for hydroxylation is 2. The predicted octanol–water partition coefficient (Wildman–Crippen LogP) is 6.41. The highest BCUT2D eigenvalue weighted by molar-refractivity contribution is 8.14. The molecule has 4 nitrogen and oxygen atoms in total. The van der Waals surface area contributed by atoms with Crippen LogP contribution in [0.25, 0.3) is 6.08 Å². The van der Waals surface area contributed by atoms with Gasteiger partial charge in [0.25, 0.3) is 0 Å². The molecule has 1 heterocycles. The largest absolute Gasteiger partial charge is 0.273 e. The number of nitrogens with zero attached hydrogens (tertiary/aromatic N) is 2. The van der Waals surface area contributed by atoms with Crippen molar-refractivity contribution in [2.24, 2.45) is 4.99 Å². The zero-order valence-corrected chi connectivity index (χ0v) is 20.8. The molecular weight excluding hydrogens is 475 g/mol. The Bertz CT molecular complexity index is 1150. The number of benzene rings is 2. The van der Waals surface area contributed by atoms with E-state index in [4.69, 9.17) is 28.2 Å². The van der Waals surface area contributed by atoms with Crippen molar-refractivity contribution in [1.82, 2.24) is 4.90 Å². The van der Waals surface area contributed by atoms with Crippen molar-refractivity contribution < 1.29 is 9.59 Å². The lowest BCUT2D eigenvalue weighted by Gasteiger charge is -2.29. The third kappa shape index (κ3) is 5.11. The van der Waals surface area contributed by atoms with Crippen LogP contribution in [-0.2, 0) is 9.59 Å². The van der Waals surface area contributed by atoms with Crippen LogP contribution in [0.3, 0.4) is 0 Å². The first-order valence-corrected chi connectivity index (χ1v) is 12.7. The van der Waals surface area contributed by atoms with Crippen molar-refractivity contribution in [3.8, 4) is 0 Å². The molecule has 33 heavy (non-hydrogen) atoms. The van der Waals surface area contributed by atoms with E-state index in [1.807, 2.05) is 6.92 Å². The minimum atomic E-state index is -0.526. The Morgan fingerprint density at radius 1 is 0.970 bits per heavy atom. The van der Waals surface area contributed by atoms with Crippen LogP contribution in [0.5, 0.6) is 0 Å².